The van der Waals surface area contributed by atoms with Crippen molar-refractivity contribution in [3.05, 3.63) is 39.1 Å². The monoisotopic (exact) mass is 465 g/mol. The molecule has 6 nitrogen and oxygen atoms in total. The minimum absolute atomic E-state index is 0.122. The molecule has 0 bridgehead atoms. The average Bonchev–Trinajstić information content (AvgIpc) is 3.28. The number of carbonyl (C=O) groups is 1. The first-order chi connectivity index (χ1) is 13.1. The quantitative estimate of drug-likeness (QED) is 0.480. The molecular formula is C18H20BrN5OS2. The Morgan fingerprint density at radius 3 is 2.89 bits per heavy atom. The van der Waals surface area contributed by atoms with E-state index in [1.807, 2.05) is 10.6 Å². The molecule has 3 aromatic rings. The number of nitrogens with one attached hydrogen (secondary N) is 1. The van der Waals surface area contributed by atoms with Gasteiger partial charge in [-0.05, 0) is 47.5 Å². The predicted octanol–water partition coefficient (Wildman–Crippen LogP) is 4.87. The summed E-state index contributed by atoms with van der Waals surface area (Å²) in [5.74, 6) is 1.51. The standard InChI is InChI=1S/C18H20BrN5OS2/c1-3-5-14-8-12(10-26-14)17-22-23-18(24(17)4-2)27-11-16(25)21-15-7-6-13(19)9-20-15/h6-10H,3-5,11H2,1-2H3,(H,20,21,25). The molecule has 0 aromatic carbocycles. The Kier molecular flexibility index (Phi) is 7.03. The number of carbonyl (C=O) groups excluding carboxylic acids is 1. The zero-order valence-corrected chi connectivity index (χ0v) is 18.3. The lowest BCUT2D eigenvalue weighted by Gasteiger charge is -2.07. The van der Waals surface area contributed by atoms with Crippen LogP contribution in [0.1, 0.15) is 25.1 Å². The third kappa shape index (κ3) is 5.18. The van der Waals surface area contributed by atoms with Gasteiger partial charge in [0.05, 0.1) is 5.75 Å². The lowest BCUT2D eigenvalue weighted by Crippen LogP contribution is -2.15. The zero-order valence-electron chi connectivity index (χ0n) is 15.1. The van der Waals surface area contributed by atoms with E-state index < -0.39 is 0 Å². The topological polar surface area (TPSA) is 72.7 Å². The molecule has 0 atom stereocenters. The number of anilines is 1. The molecule has 3 aromatic heterocycles. The van der Waals surface area contributed by atoms with E-state index in [0.29, 0.717) is 5.82 Å². The van der Waals surface area contributed by atoms with E-state index in [1.165, 1.54) is 16.6 Å². The summed E-state index contributed by atoms with van der Waals surface area (Å²) in [5.41, 5.74) is 1.09. The molecule has 0 aliphatic heterocycles. The van der Waals surface area contributed by atoms with E-state index in [2.05, 4.69) is 61.7 Å². The molecule has 3 rings (SSSR count). The summed E-state index contributed by atoms with van der Waals surface area (Å²) in [6.45, 7) is 4.99. The smallest absolute Gasteiger partial charge is 0.236 e. The first kappa shape index (κ1) is 20.0. The number of thiophene rings is 1. The molecule has 0 saturated heterocycles. The lowest BCUT2D eigenvalue weighted by atomic mass is 10.2. The predicted molar refractivity (Wildman–Crippen MR) is 114 cm³/mol. The molecule has 0 fully saturated rings. The van der Waals surface area contributed by atoms with E-state index in [4.69, 9.17) is 0 Å². The van der Waals surface area contributed by atoms with Crippen LogP contribution in [0.5, 0.6) is 0 Å². The summed E-state index contributed by atoms with van der Waals surface area (Å²) in [6.07, 6.45) is 3.86. The summed E-state index contributed by atoms with van der Waals surface area (Å²) in [6, 6.07) is 5.78. The van der Waals surface area contributed by atoms with Crippen LogP contribution in [0.3, 0.4) is 0 Å². The summed E-state index contributed by atoms with van der Waals surface area (Å²) in [5, 5.41) is 14.3. The van der Waals surface area contributed by atoms with Crippen LogP contribution in [-0.2, 0) is 17.8 Å². The molecule has 1 amide bonds. The van der Waals surface area contributed by atoms with Crippen molar-refractivity contribution >= 4 is 50.8 Å². The molecule has 27 heavy (non-hydrogen) atoms. The van der Waals surface area contributed by atoms with Gasteiger partial charge in [0.25, 0.3) is 0 Å². The molecule has 0 radical (unpaired) electrons. The minimum Gasteiger partial charge on any atom is -0.310 e. The molecule has 0 saturated carbocycles. The Morgan fingerprint density at radius 1 is 1.33 bits per heavy atom. The summed E-state index contributed by atoms with van der Waals surface area (Å²) in [4.78, 5) is 17.7. The van der Waals surface area contributed by atoms with Gasteiger partial charge in [-0.3, -0.25) is 4.79 Å². The second-order valence-electron chi connectivity index (χ2n) is 5.80. The first-order valence-corrected chi connectivity index (χ1v) is 11.3. The Bertz CT molecular complexity index is 907. The average molecular weight is 466 g/mol. The van der Waals surface area contributed by atoms with Crippen molar-refractivity contribution in [2.45, 2.75) is 38.4 Å². The number of hydrogen-bond donors (Lipinski definition) is 1. The first-order valence-electron chi connectivity index (χ1n) is 8.65. The van der Waals surface area contributed by atoms with Crippen LogP contribution in [0.25, 0.3) is 11.4 Å². The number of thioether (sulfide) groups is 1. The van der Waals surface area contributed by atoms with Crippen molar-refractivity contribution in [2.24, 2.45) is 0 Å². The molecule has 1 N–H and O–H groups in total. The van der Waals surface area contributed by atoms with E-state index in [0.717, 1.165) is 40.4 Å². The second-order valence-corrected chi connectivity index (χ2v) is 8.65. The highest BCUT2D eigenvalue weighted by atomic mass is 79.9. The van der Waals surface area contributed by atoms with Gasteiger partial charge in [0.15, 0.2) is 11.0 Å². The molecule has 9 heteroatoms. The van der Waals surface area contributed by atoms with Gasteiger partial charge in [0.1, 0.15) is 5.82 Å². The number of pyridine rings is 1. The van der Waals surface area contributed by atoms with Crippen LogP contribution in [0, 0.1) is 0 Å². The van der Waals surface area contributed by atoms with Gasteiger partial charge < -0.3 is 9.88 Å². The molecule has 0 unspecified atom stereocenters. The number of nitrogens with zero attached hydrogens (tertiary/aromatic N) is 4. The fourth-order valence-corrected chi connectivity index (χ4v) is 4.53. The number of hydrogen-bond acceptors (Lipinski definition) is 6. The largest absolute Gasteiger partial charge is 0.310 e. The number of halogens is 1. The number of aryl methyl sites for hydroxylation is 1. The fraction of sp³-hybridized carbons (Fsp3) is 0.333. The maximum atomic E-state index is 12.2. The summed E-state index contributed by atoms with van der Waals surface area (Å²) < 4.78 is 2.92. The molecule has 142 valence electrons. The van der Waals surface area contributed by atoms with Gasteiger partial charge in [-0.25, -0.2) is 4.98 Å². The third-order valence-electron chi connectivity index (χ3n) is 3.77. The number of aromatic nitrogens is 4. The third-order valence-corrected chi connectivity index (χ3v) is 6.20. The van der Waals surface area contributed by atoms with Crippen molar-refractivity contribution in [1.29, 1.82) is 0 Å². The Labute approximate surface area is 174 Å². The summed E-state index contributed by atoms with van der Waals surface area (Å²) >= 11 is 6.46. The molecule has 0 aliphatic carbocycles. The lowest BCUT2D eigenvalue weighted by molar-refractivity contribution is -0.113. The SMILES string of the molecule is CCCc1cc(-c2nnc(SCC(=O)Nc3ccc(Br)cn3)n2CC)cs1. The Hall–Kier alpha value is -1.71. The van der Waals surface area contributed by atoms with Gasteiger partial charge in [0, 0.05) is 33.0 Å². The van der Waals surface area contributed by atoms with Crippen LogP contribution >= 0.6 is 39.0 Å². The van der Waals surface area contributed by atoms with Crippen LogP contribution < -0.4 is 5.32 Å². The van der Waals surface area contributed by atoms with E-state index in [9.17, 15) is 4.79 Å². The normalized spacial score (nSPS) is 10.9. The zero-order chi connectivity index (χ0) is 19.2. The number of amides is 1. The second kappa shape index (κ2) is 9.48. The molecule has 0 spiro atoms. The van der Waals surface area contributed by atoms with Crippen molar-refractivity contribution in [3.8, 4) is 11.4 Å². The minimum atomic E-state index is -0.122. The molecular weight excluding hydrogens is 446 g/mol. The van der Waals surface area contributed by atoms with Gasteiger partial charge in [0.2, 0.25) is 5.91 Å². The van der Waals surface area contributed by atoms with Gasteiger partial charge in [-0.15, -0.1) is 21.5 Å². The van der Waals surface area contributed by atoms with Crippen LogP contribution in [0.4, 0.5) is 5.82 Å². The van der Waals surface area contributed by atoms with Gasteiger partial charge in [-0.1, -0.05) is 25.1 Å². The van der Waals surface area contributed by atoms with E-state index in [-0.39, 0.29) is 11.7 Å². The van der Waals surface area contributed by atoms with E-state index >= 15 is 0 Å². The maximum absolute atomic E-state index is 12.2. The Morgan fingerprint density at radius 2 is 2.19 bits per heavy atom. The highest BCUT2D eigenvalue weighted by Crippen LogP contribution is 2.28. The van der Waals surface area contributed by atoms with Crippen LogP contribution in [0.15, 0.2) is 39.4 Å². The van der Waals surface area contributed by atoms with Crippen molar-refractivity contribution in [1.82, 2.24) is 19.7 Å². The molecule has 0 aliphatic rings. The van der Waals surface area contributed by atoms with Crippen LogP contribution in [-0.4, -0.2) is 31.4 Å². The van der Waals surface area contributed by atoms with Crippen molar-refractivity contribution < 1.29 is 4.79 Å². The molecule has 3 heterocycles. The Balaban J connectivity index is 1.65. The van der Waals surface area contributed by atoms with Crippen molar-refractivity contribution in [3.63, 3.8) is 0 Å². The highest BCUT2D eigenvalue weighted by molar-refractivity contribution is 9.10. The van der Waals surface area contributed by atoms with Crippen molar-refractivity contribution in [2.75, 3.05) is 11.1 Å². The van der Waals surface area contributed by atoms with E-state index in [1.54, 1.807) is 23.6 Å². The van der Waals surface area contributed by atoms with Gasteiger partial charge in [-0.2, -0.15) is 0 Å². The highest BCUT2D eigenvalue weighted by Gasteiger charge is 2.16. The van der Waals surface area contributed by atoms with Crippen LogP contribution in [0.2, 0.25) is 0 Å². The maximum Gasteiger partial charge on any atom is 0.236 e. The summed E-state index contributed by atoms with van der Waals surface area (Å²) in [7, 11) is 0. The fourth-order valence-electron chi connectivity index (χ4n) is 2.53. The number of rotatable bonds is 8. The van der Waals surface area contributed by atoms with Gasteiger partial charge >= 0.3 is 0 Å².